The second-order valence-corrected chi connectivity index (χ2v) is 9.96. The first kappa shape index (κ1) is 29.9. The van der Waals surface area contributed by atoms with Gasteiger partial charge in [-0.2, -0.15) is 0 Å². The zero-order valence-electron chi connectivity index (χ0n) is 23.2. The molecule has 0 aliphatic rings. The molecule has 0 saturated carbocycles. The van der Waals surface area contributed by atoms with E-state index >= 15 is 0 Å². The summed E-state index contributed by atoms with van der Waals surface area (Å²) < 4.78 is 4.67. The van der Waals surface area contributed by atoms with Crippen LogP contribution in [-0.4, -0.2) is 37.0 Å². The average molecular weight is 545 g/mol. The number of urea groups is 1. The number of anilines is 3. The highest BCUT2D eigenvalue weighted by Gasteiger charge is 2.22. The van der Waals surface area contributed by atoms with Crippen molar-refractivity contribution >= 4 is 40.9 Å². The Bertz CT molecular complexity index is 1320. The predicted molar refractivity (Wildman–Crippen MR) is 156 cm³/mol. The Morgan fingerprint density at radius 1 is 0.750 bits per heavy atom. The third-order valence-corrected chi connectivity index (χ3v) is 6.13. The number of rotatable bonds is 11. The van der Waals surface area contributed by atoms with E-state index in [4.69, 9.17) is 0 Å². The molecule has 4 N–H and O–H groups in total. The zero-order chi connectivity index (χ0) is 29.1. The number of hydrogen-bond acceptors (Lipinski definition) is 5. The maximum atomic E-state index is 13.0. The molecule has 40 heavy (non-hydrogen) atoms. The van der Waals surface area contributed by atoms with Crippen molar-refractivity contribution in [2.45, 2.75) is 46.1 Å². The Morgan fingerprint density at radius 3 is 1.90 bits per heavy atom. The van der Waals surface area contributed by atoms with Gasteiger partial charge in [0.1, 0.15) is 6.04 Å². The van der Waals surface area contributed by atoms with Crippen molar-refractivity contribution in [3.63, 3.8) is 0 Å². The van der Waals surface area contributed by atoms with E-state index in [-0.39, 0.29) is 42.6 Å². The van der Waals surface area contributed by atoms with Gasteiger partial charge in [0.05, 0.1) is 20.0 Å². The Morgan fingerprint density at radius 2 is 1.32 bits per heavy atom. The van der Waals surface area contributed by atoms with Crippen LogP contribution in [0, 0.1) is 12.8 Å². The van der Waals surface area contributed by atoms with Crippen LogP contribution in [0.15, 0.2) is 72.8 Å². The SMILES string of the molecule is COC(=O)Cc1ccc(NC(=O)[C@H](CC(C)C)NC(=O)Cc2ccc(NC(=O)Nc3ccccc3C)cc2)cc1. The monoisotopic (exact) mass is 544 g/mol. The van der Waals surface area contributed by atoms with Crippen molar-refractivity contribution < 1.29 is 23.9 Å². The summed E-state index contributed by atoms with van der Waals surface area (Å²) in [7, 11) is 1.33. The Hall–Kier alpha value is -4.66. The predicted octanol–water partition coefficient (Wildman–Crippen LogP) is 5.07. The maximum Gasteiger partial charge on any atom is 0.323 e. The first-order chi connectivity index (χ1) is 19.1. The van der Waals surface area contributed by atoms with E-state index in [1.54, 1.807) is 48.5 Å². The van der Waals surface area contributed by atoms with Crippen molar-refractivity contribution in [3.8, 4) is 0 Å². The topological polar surface area (TPSA) is 126 Å². The van der Waals surface area contributed by atoms with Gasteiger partial charge in [0.25, 0.3) is 0 Å². The number of nitrogens with one attached hydrogen (secondary N) is 4. The highest BCUT2D eigenvalue weighted by Crippen LogP contribution is 2.16. The summed E-state index contributed by atoms with van der Waals surface area (Å²) in [6.07, 6.45) is 0.699. The lowest BCUT2D eigenvalue weighted by Crippen LogP contribution is -2.45. The first-order valence-corrected chi connectivity index (χ1v) is 13.1. The number of ether oxygens (including phenoxy) is 1. The third-order valence-electron chi connectivity index (χ3n) is 6.13. The Kier molecular flexibility index (Phi) is 10.8. The average Bonchev–Trinajstić information content (AvgIpc) is 2.91. The molecule has 0 radical (unpaired) electrons. The van der Waals surface area contributed by atoms with Gasteiger partial charge in [-0.1, -0.05) is 56.3 Å². The number of carbonyl (C=O) groups excluding carboxylic acids is 4. The largest absolute Gasteiger partial charge is 0.469 e. The molecular weight excluding hydrogens is 508 g/mol. The van der Waals surface area contributed by atoms with Gasteiger partial charge in [-0.05, 0) is 66.3 Å². The lowest BCUT2D eigenvalue weighted by Gasteiger charge is -2.20. The number of amides is 4. The van der Waals surface area contributed by atoms with Crippen LogP contribution in [0.3, 0.4) is 0 Å². The van der Waals surface area contributed by atoms with E-state index < -0.39 is 6.04 Å². The van der Waals surface area contributed by atoms with E-state index in [9.17, 15) is 19.2 Å². The normalized spacial score (nSPS) is 11.3. The molecule has 210 valence electrons. The lowest BCUT2D eigenvalue weighted by atomic mass is 10.0. The number of aryl methyl sites for hydroxylation is 1. The van der Waals surface area contributed by atoms with Crippen molar-refractivity contribution in [2.75, 3.05) is 23.1 Å². The van der Waals surface area contributed by atoms with E-state index in [1.807, 2.05) is 45.0 Å². The van der Waals surface area contributed by atoms with E-state index in [0.717, 1.165) is 22.4 Å². The molecule has 3 aromatic carbocycles. The van der Waals surface area contributed by atoms with Crippen LogP contribution >= 0.6 is 0 Å². The van der Waals surface area contributed by atoms with Crippen LogP contribution in [0.5, 0.6) is 0 Å². The molecule has 0 saturated heterocycles. The molecular formula is C31H36N4O5. The molecule has 0 aliphatic carbocycles. The van der Waals surface area contributed by atoms with Gasteiger partial charge in [-0.15, -0.1) is 0 Å². The van der Waals surface area contributed by atoms with Crippen LogP contribution in [0.25, 0.3) is 0 Å². The maximum absolute atomic E-state index is 13.0. The van der Waals surface area contributed by atoms with Crippen LogP contribution < -0.4 is 21.3 Å². The smallest absolute Gasteiger partial charge is 0.323 e. The molecule has 0 bridgehead atoms. The highest BCUT2D eigenvalue weighted by atomic mass is 16.5. The minimum atomic E-state index is -0.715. The van der Waals surface area contributed by atoms with Crippen LogP contribution in [0.1, 0.15) is 37.0 Å². The zero-order valence-corrected chi connectivity index (χ0v) is 23.2. The molecule has 0 unspecified atom stereocenters. The number of esters is 1. The molecule has 0 fully saturated rings. The van der Waals surface area contributed by atoms with Gasteiger partial charge in [0, 0.05) is 17.1 Å². The van der Waals surface area contributed by atoms with Gasteiger partial charge in [-0.25, -0.2) is 4.79 Å². The number of benzene rings is 3. The molecule has 1 atom stereocenters. The molecule has 9 heteroatoms. The highest BCUT2D eigenvalue weighted by molar-refractivity contribution is 6.00. The van der Waals surface area contributed by atoms with Gasteiger partial charge < -0.3 is 26.0 Å². The molecule has 9 nitrogen and oxygen atoms in total. The fourth-order valence-corrected chi connectivity index (χ4v) is 4.01. The Labute approximate surface area is 234 Å². The summed E-state index contributed by atoms with van der Waals surface area (Å²) in [5, 5.41) is 11.3. The van der Waals surface area contributed by atoms with Crippen LogP contribution in [-0.2, 0) is 32.0 Å². The minimum Gasteiger partial charge on any atom is -0.469 e. The molecule has 0 spiro atoms. The van der Waals surface area contributed by atoms with Crippen LogP contribution in [0.2, 0.25) is 0 Å². The van der Waals surface area contributed by atoms with Gasteiger partial charge in [-0.3, -0.25) is 14.4 Å². The van der Waals surface area contributed by atoms with E-state index in [0.29, 0.717) is 17.8 Å². The fourth-order valence-electron chi connectivity index (χ4n) is 4.01. The quantitative estimate of drug-likeness (QED) is 0.251. The number of para-hydroxylation sites is 1. The second-order valence-electron chi connectivity index (χ2n) is 9.96. The number of hydrogen-bond donors (Lipinski definition) is 4. The van der Waals surface area contributed by atoms with Crippen molar-refractivity contribution in [1.29, 1.82) is 0 Å². The van der Waals surface area contributed by atoms with Crippen LogP contribution in [0.4, 0.5) is 21.9 Å². The van der Waals surface area contributed by atoms with E-state index in [2.05, 4.69) is 26.0 Å². The summed E-state index contributed by atoms with van der Waals surface area (Å²) in [5.41, 5.74) is 4.35. The Balaban J connectivity index is 1.54. The van der Waals surface area contributed by atoms with Gasteiger partial charge >= 0.3 is 12.0 Å². The molecule has 3 aromatic rings. The summed E-state index contributed by atoms with van der Waals surface area (Å²) in [6.45, 7) is 5.88. The molecule has 0 aromatic heterocycles. The molecule has 3 rings (SSSR count). The van der Waals surface area contributed by atoms with Crippen molar-refractivity contribution in [3.05, 3.63) is 89.5 Å². The molecule has 0 heterocycles. The number of carbonyl (C=O) groups is 4. The second kappa shape index (κ2) is 14.5. The summed E-state index contributed by atoms with van der Waals surface area (Å²) >= 11 is 0. The standard InChI is InChI=1S/C31H36N4O5/c1-20(2)17-27(30(38)32-24-13-11-23(12-14-24)19-29(37)40-4)34-28(36)18-22-9-15-25(16-10-22)33-31(39)35-26-8-6-5-7-21(26)3/h5-16,20,27H,17-19H2,1-4H3,(H,32,38)(H,34,36)(H2,33,35,39)/t27-/m0/s1. The van der Waals surface area contributed by atoms with E-state index in [1.165, 1.54) is 7.11 Å². The summed E-state index contributed by atoms with van der Waals surface area (Å²) in [5.74, 6) is -0.769. The number of methoxy groups -OCH3 is 1. The molecule has 0 aliphatic heterocycles. The first-order valence-electron chi connectivity index (χ1n) is 13.1. The summed E-state index contributed by atoms with van der Waals surface area (Å²) in [6, 6.07) is 20.3. The third kappa shape index (κ3) is 9.58. The lowest BCUT2D eigenvalue weighted by molar-refractivity contribution is -0.139. The van der Waals surface area contributed by atoms with Crippen molar-refractivity contribution in [2.24, 2.45) is 5.92 Å². The fraction of sp³-hybridized carbons (Fsp3) is 0.290. The van der Waals surface area contributed by atoms with Crippen molar-refractivity contribution in [1.82, 2.24) is 5.32 Å². The minimum absolute atomic E-state index is 0.0831. The van der Waals surface area contributed by atoms with Gasteiger partial charge in [0.15, 0.2) is 0 Å². The molecule has 4 amide bonds. The van der Waals surface area contributed by atoms with Gasteiger partial charge in [0.2, 0.25) is 11.8 Å². The summed E-state index contributed by atoms with van der Waals surface area (Å²) in [4.78, 5) is 49.6.